The van der Waals surface area contributed by atoms with Crippen molar-refractivity contribution in [1.29, 1.82) is 0 Å². The van der Waals surface area contributed by atoms with Crippen LogP contribution in [0.15, 0.2) is 0 Å². The molecule has 0 spiro atoms. The highest BCUT2D eigenvalue weighted by molar-refractivity contribution is 5.81. The molecule has 10 heavy (non-hydrogen) atoms. The van der Waals surface area contributed by atoms with Crippen molar-refractivity contribution < 1.29 is 13.6 Å². The summed E-state index contributed by atoms with van der Waals surface area (Å²) in [5.74, 6) is -0.666. The molecule has 0 amide bonds. The van der Waals surface area contributed by atoms with E-state index in [0.717, 1.165) is 0 Å². The maximum absolute atomic E-state index is 12.0. The Labute approximate surface area is 58.4 Å². The third-order valence-corrected chi connectivity index (χ3v) is 2.04. The molecule has 0 aromatic carbocycles. The van der Waals surface area contributed by atoms with E-state index in [1.165, 1.54) is 0 Å². The van der Waals surface area contributed by atoms with Crippen molar-refractivity contribution in [3.63, 3.8) is 0 Å². The summed E-state index contributed by atoms with van der Waals surface area (Å²) in [7, 11) is 0. The zero-order valence-corrected chi connectivity index (χ0v) is 5.65. The van der Waals surface area contributed by atoms with Crippen LogP contribution in [0.25, 0.3) is 0 Å². The van der Waals surface area contributed by atoms with Gasteiger partial charge >= 0.3 is 0 Å². The molecule has 1 aliphatic carbocycles. The second-order valence-electron chi connectivity index (χ2n) is 2.78. The summed E-state index contributed by atoms with van der Waals surface area (Å²) < 4.78 is 24.0. The Bertz CT molecular complexity index is 122. The Balaban J connectivity index is 2.48. The van der Waals surface area contributed by atoms with E-state index < -0.39 is 13.3 Å². The Morgan fingerprint density at radius 2 is 1.60 bits per heavy atom. The maximum atomic E-state index is 12.0. The predicted octanol–water partition coefficient (Wildman–Crippen LogP) is 1.52. The summed E-state index contributed by atoms with van der Waals surface area (Å²) in [6, 6.07) is 0. The highest BCUT2D eigenvalue weighted by Gasteiger charge is 2.32. The Morgan fingerprint density at radius 3 is 1.90 bits per heavy atom. The normalized spacial score (nSPS) is 33.2. The van der Waals surface area contributed by atoms with Crippen molar-refractivity contribution in [2.45, 2.75) is 12.8 Å². The fourth-order valence-corrected chi connectivity index (χ4v) is 1.36. The van der Waals surface area contributed by atoms with E-state index in [0.29, 0.717) is 0 Å². The van der Waals surface area contributed by atoms with Crippen LogP contribution < -0.4 is 0 Å². The molecule has 58 valence electrons. The lowest BCUT2D eigenvalue weighted by molar-refractivity contribution is -0.117. The first-order chi connectivity index (χ1) is 4.77. The quantitative estimate of drug-likeness (QED) is 0.580. The van der Waals surface area contributed by atoms with Gasteiger partial charge in [0.25, 0.3) is 0 Å². The lowest BCUT2D eigenvalue weighted by atomic mass is 9.99. The molecule has 1 fully saturated rings. The molecule has 0 radical (unpaired) electrons. The van der Waals surface area contributed by atoms with Crippen molar-refractivity contribution in [3.8, 4) is 0 Å². The van der Waals surface area contributed by atoms with Crippen LogP contribution in [-0.2, 0) is 4.79 Å². The third kappa shape index (κ3) is 1.33. The molecular formula is C7H10F2O. The minimum atomic E-state index is -0.555. The van der Waals surface area contributed by atoms with Gasteiger partial charge in [-0.2, -0.15) is 0 Å². The zero-order valence-electron chi connectivity index (χ0n) is 5.65. The number of alkyl halides is 2. The molecule has 0 aromatic heterocycles. The van der Waals surface area contributed by atoms with Gasteiger partial charge in [-0.1, -0.05) is 0 Å². The first-order valence-corrected chi connectivity index (χ1v) is 3.41. The summed E-state index contributed by atoms with van der Waals surface area (Å²) in [5, 5.41) is 0. The summed E-state index contributed by atoms with van der Waals surface area (Å²) in [6.45, 7) is -1.11. The van der Waals surface area contributed by atoms with E-state index in [4.69, 9.17) is 0 Å². The molecule has 0 saturated heterocycles. The molecule has 3 heteroatoms. The third-order valence-electron chi connectivity index (χ3n) is 2.04. The fraction of sp³-hybridized carbons (Fsp3) is 0.857. The first-order valence-electron chi connectivity index (χ1n) is 3.41. The zero-order chi connectivity index (χ0) is 7.56. The lowest BCUT2D eigenvalue weighted by Crippen LogP contribution is -2.11. The van der Waals surface area contributed by atoms with Crippen LogP contribution in [-0.4, -0.2) is 19.1 Å². The van der Waals surface area contributed by atoms with Gasteiger partial charge in [0, 0.05) is 12.8 Å². The SMILES string of the molecule is O=C1C[C@H](CF)[C@@H](CF)C1. The van der Waals surface area contributed by atoms with E-state index in [1.54, 1.807) is 0 Å². The second-order valence-corrected chi connectivity index (χ2v) is 2.78. The number of ketones is 1. The molecule has 0 bridgehead atoms. The number of halogens is 2. The van der Waals surface area contributed by atoms with Crippen molar-refractivity contribution in [1.82, 2.24) is 0 Å². The number of Topliss-reactive ketones (excluding diaryl/α,β-unsaturated/α-hetero) is 1. The monoisotopic (exact) mass is 148 g/mol. The van der Waals surface area contributed by atoms with Crippen molar-refractivity contribution in [3.05, 3.63) is 0 Å². The fourth-order valence-electron chi connectivity index (χ4n) is 1.36. The van der Waals surface area contributed by atoms with Crippen molar-refractivity contribution in [2.24, 2.45) is 11.8 Å². The molecule has 2 atom stereocenters. The van der Waals surface area contributed by atoms with Gasteiger partial charge in [0.1, 0.15) is 5.78 Å². The van der Waals surface area contributed by atoms with E-state index in [2.05, 4.69) is 0 Å². The standard InChI is InChI=1S/C7H10F2O/c8-3-5-1-7(10)2-6(5)4-9/h5-6H,1-4H2/t5-,6-/m1/s1. The van der Waals surface area contributed by atoms with Gasteiger partial charge in [0.05, 0.1) is 13.3 Å². The topological polar surface area (TPSA) is 17.1 Å². The van der Waals surface area contributed by atoms with Crippen LogP contribution in [0.3, 0.4) is 0 Å². The number of rotatable bonds is 2. The van der Waals surface area contributed by atoms with Gasteiger partial charge in [-0.05, 0) is 11.8 Å². The van der Waals surface area contributed by atoms with E-state index >= 15 is 0 Å². The average molecular weight is 148 g/mol. The minimum absolute atomic E-state index is 0.00491. The molecule has 0 aliphatic heterocycles. The molecule has 1 aliphatic rings. The van der Waals surface area contributed by atoms with Crippen molar-refractivity contribution >= 4 is 5.78 Å². The first kappa shape index (κ1) is 7.63. The molecule has 0 unspecified atom stereocenters. The highest BCUT2D eigenvalue weighted by atomic mass is 19.1. The molecule has 1 rings (SSSR count). The Kier molecular flexibility index (Phi) is 2.35. The van der Waals surface area contributed by atoms with Gasteiger partial charge in [-0.15, -0.1) is 0 Å². The van der Waals surface area contributed by atoms with E-state index in [-0.39, 0.29) is 30.5 Å². The smallest absolute Gasteiger partial charge is 0.133 e. The molecule has 0 aromatic rings. The number of hydrogen-bond acceptors (Lipinski definition) is 1. The average Bonchev–Trinajstić information content (AvgIpc) is 2.30. The summed E-state index contributed by atoms with van der Waals surface area (Å²) in [4.78, 5) is 10.6. The molecule has 0 N–H and O–H groups in total. The van der Waals surface area contributed by atoms with Gasteiger partial charge < -0.3 is 0 Å². The van der Waals surface area contributed by atoms with E-state index in [1.807, 2.05) is 0 Å². The number of carbonyl (C=O) groups is 1. The predicted molar refractivity (Wildman–Crippen MR) is 33.2 cm³/mol. The number of carbonyl (C=O) groups excluding carboxylic acids is 1. The largest absolute Gasteiger partial charge is 0.300 e. The van der Waals surface area contributed by atoms with Crippen LogP contribution >= 0.6 is 0 Å². The summed E-state index contributed by atoms with van der Waals surface area (Å²) in [5.41, 5.74) is 0. The van der Waals surface area contributed by atoms with Crippen LogP contribution in [0.4, 0.5) is 8.78 Å². The van der Waals surface area contributed by atoms with Gasteiger partial charge in [0.15, 0.2) is 0 Å². The Morgan fingerprint density at radius 1 is 1.20 bits per heavy atom. The second kappa shape index (κ2) is 3.08. The summed E-state index contributed by atoms with van der Waals surface area (Å²) >= 11 is 0. The maximum Gasteiger partial charge on any atom is 0.133 e. The minimum Gasteiger partial charge on any atom is -0.300 e. The van der Waals surface area contributed by atoms with Crippen LogP contribution in [0.2, 0.25) is 0 Å². The molecule has 0 heterocycles. The van der Waals surface area contributed by atoms with Gasteiger partial charge in [-0.3, -0.25) is 13.6 Å². The highest BCUT2D eigenvalue weighted by Crippen LogP contribution is 2.29. The van der Waals surface area contributed by atoms with Gasteiger partial charge in [-0.25, -0.2) is 0 Å². The molecule has 1 nitrogen and oxygen atoms in total. The molecular weight excluding hydrogens is 138 g/mol. The Hall–Kier alpha value is -0.470. The van der Waals surface area contributed by atoms with E-state index in [9.17, 15) is 13.6 Å². The molecule has 1 saturated carbocycles. The van der Waals surface area contributed by atoms with Crippen LogP contribution in [0.5, 0.6) is 0 Å². The van der Waals surface area contributed by atoms with Crippen molar-refractivity contribution in [2.75, 3.05) is 13.3 Å². The van der Waals surface area contributed by atoms with Crippen LogP contribution in [0.1, 0.15) is 12.8 Å². The lowest BCUT2D eigenvalue weighted by Gasteiger charge is -2.09. The van der Waals surface area contributed by atoms with Crippen LogP contribution in [0, 0.1) is 11.8 Å². The number of hydrogen-bond donors (Lipinski definition) is 0. The van der Waals surface area contributed by atoms with Gasteiger partial charge in [0.2, 0.25) is 0 Å². The summed E-state index contributed by atoms with van der Waals surface area (Å²) in [6.07, 6.45) is 0.482.